The van der Waals surface area contributed by atoms with Gasteiger partial charge < -0.3 is 4.74 Å². The lowest BCUT2D eigenvalue weighted by Crippen LogP contribution is -2.45. The SMILES string of the molecule is CCNC(C)(C#N)CCN(CCOC)C(C)C. The first-order valence-electron chi connectivity index (χ1n) is 6.38. The van der Waals surface area contributed by atoms with E-state index in [1.54, 1.807) is 7.11 Å². The van der Waals surface area contributed by atoms with E-state index < -0.39 is 5.54 Å². The highest BCUT2D eigenvalue weighted by atomic mass is 16.5. The topological polar surface area (TPSA) is 48.3 Å². The standard InChI is InChI=1S/C13H27N3O/c1-6-15-13(4,11-14)7-8-16(12(2)3)9-10-17-5/h12,15H,6-10H2,1-5H3. The largest absolute Gasteiger partial charge is 0.383 e. The third-order valence-electron chi connectivity index (χ3n) is 3.03. The van der Waals surface area contributed by atoms with Crippen LogP contribution < -0.4 is 5.32 Å². The molecule has 0 aliphatic carbocycles. The van der Waals surface area contributed by atoms with Crippen molar-refractivity contribution < 1.29 is 4.74 Å². The van der Waals surface area contributed by atoms with E-state index in [1.165, 1.54) is 0 Å². The van der Waals surface area contributed by atoms with Crippen LogP contribution in [0.15, 0.2) is 0 Å². The molecule has 1 atom stereocenters. The quantitative estimate of drug-likeness (QED) is 0.666. The molecule has 0 aromatic carbocycles. The summed E-state index contributed by atoms with van der Waals surface area (Å²) < 4.78 is 5.11. The molecular formula is C13H27N3O. The number of hydrogen-bond acceptors (Lipinski definition) is 4. The summed E-state index contributed by atoms with van der Waals surface area (Å²) >= 11 is 0. The molecule has 0 aromatic rings. The molecule has 0 heterocycles. The fourth-order valence-corrected chi connectivity index (χ4v) is 1.78. The number of nitrogens with zero attached hydrogens (tertiary/aromatic N) is 2. The van der Waals surface area contributed by atoms with Gasteiger partial charge in [0.05, 0.1) is 12.7 Å². The number of methoxy groups -OCH3 is 1. The molecule has 0 saturated carbocycles. The van der Waals surface area contributed by atoms with Crippen molar-refractivity contribution in [3.63, 3.8) is 0 Å². The Balaban J connectivity index is 4.23. The molecule has 17 heavy (non-hydrogen) atoms. The van der Waals surface area contributed by atoms with E-state index in [1.807, 2.05) is 13.8 Å². The Bertz CT molecular complexity index is 237. The van der Waals surface area contributed by atoms with Gasteiger partial charge >= 0.3 is 0 Å². The summed E-state index contributed by atoms with van der Waals surface area (Å²) in [4.78, 5) is 2.34. The molecule has 0 radical (unpaired) electrons. The molecule has 4 nitrogen and oxygen atoms in total. The first-order chi connectivity index (χ1) is 7.99. The smallest absolute Gasteiger partial charge is 0.105 e. The van der Waals surface area contributed by atoms with Crippen LogP contribution in [0.4, 0.5) is 0 Å². The average Bonchev–Trinajstić information content (AvgIpc) is 2.29. The highest BCUT2D eigenvalue weighted by Crippen LogP contribution is 2.10. The maximum Gasteiger partial charge on any atom is 0.105 e. The third kappa shape index (κ3) is 6.62. The first-order valence-corrected chi connectivity index (χ1v) is 6.38. The number of nitrogens with one attached hydrogen (secondary N) is 1. The summed E-state index contributed by atoms with van der Waals surface area (Å²) in [6.07, 6.45) is 0.833. The maximum absolute atomic E-state index is 9.19. The molecule has 1 unspecified atom stereocenters. The van der Waals surface area contributed by atoms with Gasteiger partial charge in [0.1, 0.15) is 5.54 Å². The van der Waals surface area contributed by atoms with Crippen molar-refractivity contribution >= 4 is 0 Å². The molecular weight excluding hydrogens is 214 g/mol. The van der Waals surface area contributed by atoms with Crippen molar-refractivity contribution in [1.29, 1.82) is 5.26 Å². The average molecular weight is 241 g/mol. The number of rotatable bonds is 9. The zero-order valence-corrected chi connectivity index (χ0v) is 11.9. The van der Waals surface area contributed by atoms with Gasteiger partial charge in [-0.25, -0.2) is 0 Å². The molecule has 4 heteroatoms. The molecule has 0 aliphatic heterocycles. The predicted molar refractivity (Wildman–Crippen MR) is 70.9 cm³/mol. The molecule has 0 saturated heterocycles. The highest BCUT2D eigenvalue weighted by Gasteiger charge is 2.23. The lowest BCUT2D eigenvalue weighted by atomic mass is 9.99. The number of ether oxygens (including phenoxy) is 1. The van der Waals surface area contributed by atoms with Crippen LogP contribution in [0.25, 0.3) is 0 Å². The maximum atomic E-state index is 9.19. The van der Waals surface area contributed by atoms with Gasteiger partial charge in [0.15, 0.2) is 0 Å². The second-order valence-corrected chi connectivity index (χ2v) is 4.85. The van der Waals surface area contributed by atoms with E-state index >= 15 is 0 Å². The van der Waals surface area contributed by atoms with Crippen LogP contribution in [0.3, 0.4) is 0 Å². The summed E-state index contributed by atoms with van der Waals surface area (Å²) in [7, 11) is 1.72. The lowest BCUT2D eigenvalue weighted by Gasteiger charge is -2.30. The van der Waals surface area contributed by atoms with Crippen molar-refractivity contribution in [1.82, 2.24) is 10.2 Å². The molecule has 1 N–H and O–H groups in total. The Morgan fingerprint density at radius 1 is 1.41 bits per heavy atom. The Morgan fingerprint density at radius 3 is 2.47 bits per heavy atom. The van der Waals surface area contributed by atoms with Crippen LogP contribution in [-0.2, 0) is 4.74 Å². The van der Waals surface area contributed by atoms with Gasteiger partial charge in [-0.3, -0.25) is 10.2 Å². The van der Waals surface area contributed by atoms with E-state index in [9.17, 15) is 5.26 Å². The van der Waals surface area contributed by atoms with Crippen LogP contribution in [0.5, 0.6) is 0 Å². The van der Waals surface area contributed by atoms with Crippen LogP contribution >= 0.6 is 0 Å². The van der Waals surface area contributed by atoms with Crippen molar-refractivity contribution in [2.75, 3.05) is 33.4 Å². The molecule has 0 rings (SSSR count). The minimum Gasteiger partial charge on any atom is -0.383 e. The minimum atomic E-state index is -0.422. The summed E-state index contributed by atoms with van der Waals surface area (Å²) in [5.74, 6) is 0. The van der Waals surface area contributed by atoms with Crippen molar-refractivity contribution in [2.45, 2.75) is 45.7 Å². The number of hydrogen-bond donors (Lipinski definition) is 1. The Labute approximate surface area is 106 Å². The van der Waals surface area contributed by atoms with Crippen LogP contribution in [0, 0.1) is 11.3 Å². The van der Waals surface area contributed by atoms with E-state index in [4.69, 9.17) is 4.74 Å². The minimum absolute atomic E-state index is 0.422. The predicted octanol–water partition coefficient (Wildman–Crippen LogP) is 1.63. The molecule has 0 aromatic heterocycles. The van der Waals surface area contributed by atoms with E-state index in [0.29, 0.717) is 6.04 Å². The third-order valence-corrected chi connectivity index (χ3v) is 3.03. The zero-order chi connectivity index (χ0) is 13.3. The molecule has 100 valence electrons. The van der Waals surface area contributed by atoms with Crippen molar-refractivity contribution in [2.24, 2.45) is 0 Å². The van der Waals surface area contributed by atoms with Gasteiger partial charge in [0.2, 0.25) is 0 Å². The first kappa shape index (κ1) is 16.4. The molecule has 0 spiro atoms. The van der Waals surface area contributed by atoms with Crippen molar-refractivity contribution in [3.05, 3.63) is 0 Å². The summed E-state index contributed by atoms with van der Waals surface area (Å²) in [5, 5.41) is 12.4. The fraction of sp³-hybridized carbons (Fsp3) is 0.923. The van der Waals surface area contributed by atoms with E-state index in [0.717, 1.165) is 32.7 Å². The van der Waals surface area contributed by atoms with Gasteiger partial charge in [-0.05, 0) is 33.7 Å². The van der Waals surface area contributed by atoms with Gasteiger partial charge in [-0.2, -0.15) is 5.26 Å². The van der Waals surface area contributed by atoms with Crippen LogP contribution in [0.2, 0.25) is 0 Å². The summed E-state index contributed by atoms with van der Waals surface area (Å²) in [6, 6.07) is 2.84. The van der Waals surface area contributed by atoms with Gasteiger partial charge in [-0.15, -0.1) is 0 Å². The normalized spacial score (nSPS) is 14.9. The summed E-state index contributed by atoms with van der Waals surface area (Å²) in [6.45, 7) is 11.7. The molecule has 0 amide bonds. The van der Waals surface area contributed by atoms with Gasteiger partial charge in [0, 0.05) is 26.2 Å². The number of nitriles is 1. The monoisotopic (exact) mass is 241 g/mol. The fourth-order valence-electron chi connectivity index (χ4n) is 1.78. The second-order valence-electron chi connectivity index (χ2n) is 4.85. The lowest BCUT2D eigenvalue weighted by molar-refractivity contribution is 0.124. The van der Waals surface area contributed by atoms with Crippen molar-refractivity contribution in [3.8, 4) is 6.07 Å². The van der Waals surface area contributed by atoms with Crippen LogP contribution in [-0.4, -0.2) is 49.8 Å². The zero-order valence-electron chi connectivity index (χ0n) is 11.9. The Morgan fingerprint density at radius 2 is 2.06 bits per heavy atom. The second kappa shape index (κ2) is 8.46. The van der Waals surface area contributed by atoms with Gasteiger partial charge in [0.25, 0.3) is 0 Å². The highest BCUT2D eigenvalue weighted by molar-refractivity contribution is 5.03. The van der Waals surface area contributed by atoms with E-state index in [2.05, 4.69) is 30.1 Å². The summed E-state index contributed by atoms with van der Waals surface area (Å²) in [5.41, 5.74) is -0.422. The molecule has 0 fully saturated rings. The van der Waals surface area contributed by atoms with Gasteiger partial charge in [-0.1, -0.05) is 6.92 Å². The van der Waals surface area contributed by atoms with E-state index in [-0.39, 0.29) is 0 Å². The Hall–Kier alpha value is -0.630. The molecule has 0 bridgehead atoms. The Kier molecular flexibility index (Phi) is 8.15. The van der Waals surface area contributed by atoms with Crippen LogP contribution in [0.1, 0.15) is 34.1 Å². The molecule has 0 aliphatic rings.